The van der Waals surface area contributed by atoms with Crippen molar-refractivity contribution in [2.45, 2.75) is 13.8 Å². The van der Waals surface area contributed by atoms with Gasteiger partial charge in [-0.2, -0.15) is 0 Å². The topological polar surface area (TPSA) is 67.6 Å². The lowest BCUT2D eigenvalue weighted by Crippen LogP contribution is -2.28. The van der Waals surface area contributed by atoms with Gasteiger partial charge in [0.2, 0.25) is 0 Å². The van der Waals surface area contributed by atoms with E-state index in [-0.39, 0.29) is 0 Å². The van der Waals surface area contributed by atoms with Crippen LogP contribution < -0.4 is 11.1 Å². The Morgan fingerprint density at radius 3 is 2.44 bits per heavy atom. The van der Waals surface area contributed by atoms with Crippen molar-refractivity contribution in [2.75, 3.05) is 37.3 Å². The van der Waals surface area contributed by atoms with Crippen molar-refractivity contribution in [3.63, 3.8) is 0 Å². The van der Waals surface area contributed by atoms with Crippen molar-refractivity contribution >= 4 is 17.5 Å². The summed E-state index contributed by atoms with van der Waals surface area (Å²) >= 11 is 0. The van der Waals surface area contributed by atoms with E-state index >= 15 is 0 Å². The zero-order valence-electron chi connectivity index (χ0n) is 11.0. The van der Waals surface area contributed by atoms with Crippen LogP contribution in [0.15, 0.2) is 24.3 Å². The summed E-state index contributed by atoms with van der Waals surface area (Å²) in [6.45, 7) is 7.22. The van der Waals surface area contributed by atoms with Gasteiger partial charge in [-0.3, -0.25) is 5.32 Å². The van der Waals surface area contributed by atoms with Crippen LogP contribution in [0.4, 0.5) is 16.2 Å². The Morgan fingerprint density at radius 1 is 1.28 bits per heavy atom. The minimum absolute atomic E-state index is 0.391. The monoisotopic (exact) mass is 251 g/mol. The van der Waals surface area contributed by atoms with E-state index < -0.39 is 6.09 Å². The number of nitrogens with one attached hydrogen (secondary N) is 1. The molecule has 5 heteroatoms. The van der Waals surface area contributed by atoms with Crippen LogP contribution in [0.25, 0.3) is 0 Å². The summed E-state index contributed by atoms with van der Waals surface area (Å²) in [7, 11) is 0. The second-order valence-electron chi connectivity index (χ2n) is 3.91. The number of nitrogens with zero attached hydrogens (tertiary/aromatic N) is 1. The largest absolute Gasteiger partial charge is 0.448 e. The summed E-state index contributed by atoms with van der Waals surface area (Å²) in [4.78, 5) is 13.7. The minimum Gasteiger partial charge on any atom is -0.448 e. The number of ether oxygens (including phenoxy) is 1. The minimum atomic E-state index is -0.438. The zero-order chi connectivity index (χ0) is 13.4. The number of nitrogens with two attached hydrogens (primary N) is 1. The highest BCUT2D eigenvalue weighted by atomic mass is 16.5. The van der Waals surface area contributed by atoms with Crippen LogP contribution in [0.1, 0.15) is 13.8 Å². The van der Waals surface area contributed by atoms with Gasteiger partial charge in [0.1, 0.15) is 6.61 Å². The summed E-state index contributed by atoms with van der Waals surface area (Å²) in [5.41, 5.74) is 6.89. The molecule has 0 saturated carbocycles. The number of anilines is 2. The summed E-state index contributed by atoms with van der Waals surface area (Å²) < 4.78 is 5.09. The average Bonchev–Trinajstić information content (AvgIpc) is 2.37. The Kier molecular flexibility index (Phi) is 6.00. The molecule has 5 nitrogen and oxygen atoms in total. The molecule has 0 bridgehead atoms. The molecule has 1 amide bonds. The lowest BCUT2D eigenvalue weighted by Gasteiger charge is -2.17. The first-order valence-electron chi connectivity index (χ1n) is 6.17. The number of hydrogen-bond acceptors (Lipinski definition) is 4. The molecule has 0 radical (unpaired) electrons. The van der Waals surface area contributed by atoms with Gasteiger partial charge in [-0.05, 0) is 37.4 Å². The summed E-state index contributed by atoms with van der Waals surface area (Å²) in [5, 5.41) is 2.64. The summed E-state index contributed by atoms with van der Waals surface area (Å²) in [6, 6.07) is 6.93. The van der Waals surface area contributed by atoms with E-state index in [0.717, 1.165) is 19.6 Å². The molecule has 0 atom stereocenters. The predicted molar refractivity (Wildman–Crippen MR) is 73.6 cm³/mol. The van der Waals surface area contributed by atoms with E-state index in [1.165, 1.54) is 0 Å². The van der Waals surface area contributed by atoms with Crippen LogP contribution in [0, 0.1) is 0 Å². The fourth-order valence-electron chi connectivity index (χ4n) is 1.53. The van der Waals surface area contributed by atoms with Gasteiger partial charge in [0.05, 0.1) is 0 Å². The molecular weight excluding hydrogens is 230 g/mol. The van der Waals surface area contributed by atoms with E-state index in [0.29, 0.717) is 18.0 Å². The van der Waals surface area contributed by atoms with Crippen molar-refractivity contribution < 1.29 is 9.53 Å². The molecule has 0 heterocycles. The summed E-state index contributed by atoms with van der Waals surface area (Å²) in [5.74, 6) is 0. The maximum Gasteiger partial charge on any atom is 0.411 e. The predicted octanol–water partition coefficient (Wildman–Crippen LogP) is 2.16. The SMILES string of the molecule is CCN(CC)CCOC(=O)Nc1ccc(N)cc1. The first kappa shape index (κ1) is 14.3. The first-order valence-corrected chi connectivity index (χ1v) is 6.17. The highest BCUT2D eigenvalue weighted by molar-refractivity contribution is 5.84. The van der Waals surface area contributed by atoms with Crippen LogP contribution in [-0.4, -0.2) is 37.2 Å². The Labute approximate surface area is 108 Å². The van der Waals surface area contributed by atoms with Gasteiger partial charge in [0, 0.05) is 17.9 Å². The number of rotatable bonds is 6. The van der Waals surface area contributed by atoms with Gasteiger partial charge >= 0.3 is 6.09 Å². The van der Waals surface area contributed by atoms with Crippen LogP contribution >= 0.6 is 0 Å². The number of benzene rings is 1. The van der Waals surface area contributed by atoms with Gasteiger partial charge in [-0.1, -0.05) is 13.8 Å². The molecule has 0 aliphatic carbocycles. The molecule has 0 aliphatic rings. The molecule has 0 spiro atoms. The zero-order valence-corrected chi connectivity index (χ0v) is 11.0. The Morgan fingerprint density at radius 2 is 1.89 bits per heavy atom. The van der Waals surface area contributed by atoms with Crippen molar-refractivity contribution in [1.29, 1.82) is 0 Å². The molecule has 1 aromatic rings. The quantitative estimate of drug-likeness (QED) is 0.760. The number of nitrogen functional groups attached to an aromatic ring is 1. The van der Waals surface area contributed by atoms with E-state index in [1.807, 2.05) is 0 Å². The molecule has 18 heavy (non-hydrogen) atoms. The van der Waals surface area contributed by atoms with Gasteiger partial charge in [0.15, 0.2) is 0 Å². The van der Waals surface area contributed by atoms with Crippen molar-refractivity contribution in [3.8, 4) is 0 Å². The molecule has 1 aromatic carbocycles. The number of amides is 1. The number of likely N-dealkylation sites (N-methyl/N-ethyl adjacent to an activating group) is 1. The van der Waals surface area contributed by atoms with Crippen molar-refractivity contribution in [3.05, 3.63) is 24.3 Å². The Balaban J connectivity index is 2.27. The van der Waals surface area contributed by atoms with Crippen LogP contribution in [0.3, 0.4) is 0 Å². The van der Waals surface area contributed by atoms with Gasteiger partial charge < -0.3 is 15.4 Å². The van der Waals surface area contributed by atoms with Crippen molar-refractivity contribution in [2.24, 2.45) is 0 Å². The average molecular weight is 251 g/mol. The van der Waals surface area contributed by atoms with Crippen LogP contribution in [0.2, 0.25) is 0 Å². The first-order chi connectivity index (χ1) is 8.65. The fourth-order valence-corrected chi connectivity index (χ4v) is 1.53. The second-order valence-corrected chi connectivity index (χ2v) is 3.91. The molecule has 0 unspecified atom stereocenters. The molecule has 3 N–H and O–H groups in total. The molecule has 0 fully saturated rings. The third kappa shape index (κ3) is 5.05. The van der Waals surface area contributed by atoms with Crippen molar-refractivity contribution in [1.82, 2.24) is 4.90 Å². The van der Waals surface area contributed by atoms with E-state index in [9.17, 15) is 4.79 Å². The normalized spacial score (nSPS) is 10.4. The Hall–Kier alpha value is -1.75. The molecule has 1 rings (SSSR count). The Bertz CT molecular complexity index is 361. The molecule has 0 aliphatic heterocycles. The summed E-state index contributed by atoms with van der Waals surface area (Å²) in [6.07, 6.45) is -0.438. The number of carbonyl (C=O) groups excluding carboxylic acids is 1. The molecular formula is C13H21N3O2. The standard InChI is InChI=1S/C13H21N3O2/c1-3-16(4-2)9-10-18-13(17)15-12-7-5-11(14)6-8-12/h5-8H,3-4,9-10,14H2,1-2H3,(H,15,17). The lowest BCUT2D eigenvalue weighted by atomic mass is 10.3. The van der Waals surface area contributed by atoms with Crippen LogP contribution in [-0.2, 0) is 4.74 Å². The maximum absolute atomic E-state index is 11.5. The molecule has 0 aromatic heterocycles. The van der Waals surface area contributed by atoms with Gasteiger partial charge in [0.25, 0.3) is 0 Å². The van der Waals surface area contributed by atoms with E-state index in [4.69, 9.17) is 10.5 Å². The smallest absolute Gasteiger partial charge is 0.411 e. The third-order valence-corrected chi connectivity index (χ3v) is 2.69. The lowest BCUT2D eigenvalue weighted by molar-refractivity contribution is 0.142. The van der Waals surface area contributed by atoms with Gasteiger partial charge in [-0.25, -0.2) is 4.79 Å². The fraction of sp³-hybridized carbons (Fsp3) is 0.462. The van der Waals surface area contributed by atoms with Crippen LogP contribution in [0.5, 0.6) is 0 Å². The molecule has 100 valence electrons. The van der Waals surface area contributed by atoms with E-state index in [1.54, 1.807) is 24.3 Å². The highest BCUT2D eigenvalue weighted by Crippen LogP contribution is 2.10. The number of carbonyl (C=O) groups is 1. The number of hydrogen-bond donors (Lipinski definition) is 2. The highest BCUT2D eigenvalue weighted by Gasteiger charge is 2.04. The van der Waals surface area contributed by atoms with E-state index in [2.05, 4.69) is 24.1 Å². The third-order valence-electron chi connectivity index (χ3n) is 2.69. The second kappa shape index (κ2) is 7.55. The van der Waals surface area contributed by atoms with Gasteiger partial charge in [-0.15, -0.1) is 0 Å². The molecule has 0 saturated heterocycles. The maximum atomic E-state index is 11.5.